The van der Waals surface area contributed by atoms with Crippen molar-refractivity contribution >= 4 is 11.5 Å². The Morgan fingerprint density at radius 3 is 2.84 bits per heavy atom. The fraction of sp³-hybridized carbons (Fsp3) is 0.533. The highest BCUT2D eigenvalue weighted by Gasteiger charge is 2.42. The summed E-state index contributed by atoms with van der Waals surface area (Å²) in [6.07, 6.45) is 1.70. The van der Waals surface area contributed by atoms with Crippen LogP contribution in [-0.2, 0) is 0 Å². The Balaban J connectivity index is 1.90. The van der Waals surface area contributed by atoms with E-state index in [1.807, 2.05) is 0 Å². The van der Waals surface area contributed by atoms with Crippen molar-refractivity contribution in [3.05, 3.63) is 29.6 Å². The number of aliphatic hydroxyl groups excluding tert-OH is 1. The number of rotatable bonds is 2. The Bertz CT molecular complexity index is 517. The molecule has 2 fully saturated rings. The van der Waals surface area contributed by atoms with Gasteiger partial charge in [0.05, 0.1) is 6.10 Å². The van der Waals surface area contributed by atoms with Crippen LogP contribution in [0, 0.1) is 17.7 Å². The maximum absolute atomic E-state index is 13.3. The van der Waals surface area contributed by atoms with E-state index in [9.17, 15) is 14.3 Å². The Hall–Kier alpha value is -1.42. The topological polar surface area (TPSA) is 40.5 Å². The minimum atomic E-state index is -0.381. The number of fused-ring (bicyclic) bond motifs is 1. The van der Waals surface area contributed by atoms with Gasteiger partial charge in [-0.05, 0) is 43.9 Å². The molecule has 4 heteroatoms. The molecule has 1 saturated carbocycles. The molecular formula is C15H18FNO2. The van der Waals surface area contributed by atoms with Crippen LogP contribution in [0.2, 0.25) is 0 Å². The average molecular weight is 263 g/mol. The summed E-state index contributed by atoms with van der Waals surface area (Å²) in [7, 11) is 0. The van der Waals surface area contributed by atoms with Gasteiger partial charge in [-0.1, -0.05) is 0 Å². The molecule has 3 atom stereocenters. The van der Waals surface area contributed by atoms with E-state index in [1.165, 1.54) is 19.1 Å². The SMILES string of the molecule is CC(=O)c1cc(F)ccc1N1CC2CCC(O)C2C1. The van der Waals surface area contributed by atoms with Crippen LogP contribution in [0.1, 0.15) is 30.1 Å². The smallest absolute Gasteiger partial charge is 0.161 e. The molecule has 1 saturated heterocycles. The molecule has 0 radical (unpaired) electrons. The Morgan fingerprint density at radius 2 is 2.16 bits per heavy atom. The zero-order valence-corrected chi connectivity index (χ0v) is 11.0. The molecule has 1 aliphatic carbocycles. The van der Waals surface area contributed by atoms with E-state index in [0.717, 1.165) is 31.6 Å². The van der Waals surface area contributed by atoms with Crippen LogP contribution in [0.4, 0.5) is 10.1 Å². The predicted molar refractivity (Wildman–Crippen MR) is 70.8 cm³/mol. The summed E-state index contributed by atoms with van der Waals surface area (Å²) in [5.74, 6) is 0.296. The number of Topliss-reactive ketones (excluding diaryl/α,β-unsaturated/α-hetero) is 1. The Kier molecular flexibility index (Phi) is 3.05. The maximum atomic E-state index is 13.3. The number of carbonyl (C=O) groups excluding carboxylic acids is 1. The number of anilines is 1. The second kappa shape index (κ2) is 4.60. The van der Waals surface area contributed by atoms with Gasteiger partial charge in [0, 0.05) is 30.3 Å². The first-order chi connectivity index (χ1) is 9.06. The zero-order chi connectivity index (χ0) is 13.6. The first-order valence-electron chi connectivity index (χ1n) is 6.80. The summed E-state index contributed by atoms with van der Waals surface area (Å²) < 4.78 is 13.3. The highest BCUT2D eigenvalue weighted by molar-refractivity contribution is 5.99. The van der Waals surface area contributed by atoms with E-state index >= 15 is 0 Å². The number of hydrogen-bond acceptors (Lipinski definition) is 3. The standard InChI is InChI=1S/C15H18FNO2/c1-9(18)12-6-11(16)3-4-14(12)17-7-10-2-5-15(19)13(10)8-17/h3-4,6,10,13,15,19H,2,5,7-8H2,1H3. The molecule has 102 valence electrons. The molecule has 1 heterocycles. The van der Waals surface area contributed by atoms with Crippen molar-refractivity contribution in [1.82, 2.24) is 0 Å². The van der Waals surface area contributed by atoms with Crippen molar-refractivity contribution in [1.29, 1.82) is 0 Å². The lowest BCUT2D eigenvalue weighted by molar-refractivity contribution is 0.101. The van der Waals surface area contributed by atoms with Crippen molar-refractivity contribution in [2.24, 2.45) is 11.8 Å². The summed E-state index contributed by atoms with van der Waals surface area (Å²) >= 11 is 0. The predicted octanol–water partition coefficient (Wildman–Crippen LogP) is 2.24. The van der Waals surface area contributed by atoms with Crippen LogP contribution >= 0.6 is 0 Å². The molecular weight excluding hydrogens is 245 g/mol. The van der Waals surface area contributed by atoms with Crippen LogP contribution in [0.25, 0.3) is 0 Å². The third kappa shape index (κ3) is 2.14. The summed E-state index contributed by atoms with van der Waals surface area (Å²) in [4.78, 5) is 13.8. The molecule has 3 rings (SSSR count). The van der Waals surface area contributed by atoms with E-state index in [2.05, 4.69) is 4.90 Å². The quantitative estimate of drug-likeness (QED) is 0.832. The summed E-state index contributed by atoms with van der Waals surface area (Å²) in [5.41, 5.74) is 1.24. The Labute approximate surface area is 112 Å². The molecule has 0 aromatic heterocycles. The lowest BCUT2D eigenvalue weighted by Crippen LogP contribution is -2.25. The number of nitrogens with zero attached hydrogens (tertiary/aromatic N) is 1. The van der Waals surface area contributed by atoms with E-state index in [-0.39, 0.29) is 17.7 Å². The van der Waals surface area contributed by atoms with E-state index < -0.39 is 0 Å². The molecule has 3 unspecified atom stereocenters. The molecule has 3 nitrogen and oxygen atoms in total. The highest BCUT2D eigenvalue weighted by Crippen LogP contribution is 2.40. The fourth-order valence-electron chi connectivity index (χ4n) is 3.50. The third-order valence-corrected chi connectivity index (χ3v) is 4.50. The first kappa shape index (κ1) is 12.6. The normalized spacial score (nSPS) is 29.6. The van der Waals surface area contributed by atoms with Crippen LogP contribution in [0.3, 0.4) is 0 Å². The van der Waals surface area contributed by atoms with Gasteiger partial charge in [0.1, 0.15) is 5.82 Å². The van der Waals surface area contributed by atoms with E-state index in [1.54, 1.807) is 6.07 Å². The molecule has 0 bridgehead atoms. The van der Waals surface area contributed by atoms with Gasteiger partial charge in [0.15, 0.2) is 5.78 Å². The minimum Gasteiger partial charge on any atom is -0.393 e. The maximum Gasteiger partial charge on any atom is 0.161 e. The molecule has 19 heavy (non-hydrogen) atoms. The monoisotopic (exact) mass is 263 g/mol. The number of benzene rings is 1. The van der Waals surface area contributed by atoms with Crippen molar-refractivity contribution < 1.29 is 14.3 Å². The highest BCUT2D eigenvalue weighted by atomic mass is 19.1. The molecule has 2 aliphatic rings. The molecule has 0 amide bonds. The van der Waals surface area contributed by atoms with Crippen molar-refractivity contribution in [3.8, 4) is 0 Å². The van der Waals surface area contributed by atoms with Crippen molar-refractivity contribution in [2.75, 3.05) is 18.0 Å². The van der Waals surface area contributed by atoms with Gasteiger partial charge in [-0.2, -0.15) is 0 Å². The summed E-state index contributed by atoms with van der Waals surface area (Å²) in [5, 5.41) is 9.93. The average Bonchev–Trinajstić information content (AvgIpc) is 2.92. The lowest BCUT2D eigenvalue weighted by atomic mass is 10.00. The van der Waals surface area contributed by atoms with E-state index in [0.29, 0.717) is 17.4 Å². The minimum absolute atomic E-state index is 0.118. The second-order valence-corrected chi connectivity index (χ2v) is 5.69. The lowest BCUT2D eigenvalue weighted by Gasteiger charge is -2.22. The number of carbonyl (C=O) groups is 1. The van der Waals surface area contributed by atoms with E-state index in [4.69, 9.17) is 0 Å². The molecule has 1 aromatic rings. The summed E-state index contributed by atoms with van der Waals surface area (Å²) in [6, 6.07) is 4.38. The van der Waals surface area contributed by atoms with Crippen LogP contribution in [0.5, 0.6) is 0 Å². The van der Waals surface area contributed by atoms with Gasteiger partial charge in [-0.15, -0.1) is 0 Å². The van der Waals surface area contributed by atoms with Gasteiger partial charge >= 0.3 is 0 Å². The molecule has 1 N–H and O–H groups in total. The Morgan fingerprint density at radius 1 is 1.37 bits per heavy atom. The number of aliphatic hydroxyl groups is 1. The molecule has 0 spiro atoms. The van der Waals surface area contributed by atoms with Gasteiger partial charge in [0.2, 0.25) is 0 Å². The van der Waals surface area contributed by atoms with Crippen LogP contribution in [0.15, 0.2) is 18.2 Å². The van der Waals surface area contributed by atoms with Crippen molar-refractivity contribution in [3.63, 3.8) is 0 Å². The van der Waals surface area contributed by atoms with Gasteiger partial charge in [-0.3, -0.25) is 4.79 Å². The molecule has 1 aromatic carbocycles. The molecule has 1 aliphatic heterocycles. The number of hydrogen-bond donors (Lipinski definition) is 1. The van der Waals surface area contributed by atoms with Gasteiger partial charge in [0.25, 0.3) is 0 Å². The third-order valence-electron chi connectivity index (χ3n) is 4.50. The first-order valence-corrected chi connectivity index (χ1v) is 6.80. The summed E-state index contributed by atoms with van der Waals surface area (Å²) in [6.45, 7) is 3.08. The fourth-order valence-corrected chi connectivity index (χ4v) is 3.50. The zero-order valence-electron chi connectivity index (χ0n) is 11.0. The van der Waals surface area contributed by atoms with Gasteiger partial charge in [-0.25, -0.2) is 4.39 Å². The van der Waals surface area contributed by atoms with Crippen molar-refractivity contribution in [2.45, 2.75) is 25.9 Å². The van der Waals surface area contributed by atoms with Crippen LogP contribution < -0.4 is 4.90 Å². The van der Waals surface area contributed by atoms with Crippen LogP contribution in [-0.4, -0.2) is 30.1 Å². The number of ketones is 1. The van der Waals surface area contributed by atoms with Gasteiger partial charge < -0.3 is 10.0 Å². The largest absolute Gasteiger partial charge is 0.393 e. The second-order valence-electron chi connectivity index (χ2n) is 5.69. The number of halogens is 1.